The highest BCUT2D eigenvalue weighted by Gasteiger charge is 2.20. The minimum Gasteiger partial charge on any atom is -0.324 e. The molecule has 1 amide bonds. The molecule has 4 heteroatoms. The van der Waals surface area contributed by atoms with Crippen LogP contribution in [0.1, 0.15) is 18.1 Å². The maximum Gasteiger partial charge on any atom is 0.238 e. The number of rotatable bonds is 3. The first-order chi connectivity index (χ1) is 9.08. The molecule has 0 unspecified atom stereocenters. The van der Waals surface area contributed by atoms with Crippen molar-refractivity contribution in [2.75, 3.05) is 31.5 Å². The predicted octanol–water partition coefficient (Wildman–Crippen LogP) is 1.54. The summed E-state index contributed by atoms with van der Waals surface area (Å²) in [5, 5.41) is 6.38. The molecule has 1 aliphatic heterocycles. The van der Waals surface area contributed by atoms with E-state index in [4.69, 9.17) is 0 Å². The van der Waals surface area contributed by atoms with Gasteiger partial charge in [0.15, 0.2) is 0 Å². The number of para-hydroxylation sites is 1. The SMILES string of the molecule is Cc1cccc(C)c1NC(=O)CN1CCNC[C@@H]1C. The Morgan fingerprint density at radius 2 is 2.11 bits per heavy atom. The van der Waals surface area contributed by atoms with E-state index in [2.05, 4.69) is 22.5 Å². The molecule has 1 atom stereocenters. The Hall–Kier alpha value is -1.39. The lowest BCUT2D eigenvalue weighted by atomic mass is 10.1. The van der Waals surface area contributed by atoms with Gasteiger partial charge in [0, 0.05) is 31.4 Å². The minimum absolute atomic E-state index is 0.0751. The molecule has 0 saturated carbocycles. The number of benzene rings is 1. The van der Waals surface area contributed by atoms with Crippen molar-refractivity contribution in [3.63, 3.8) is 0 Å². The van der Waals surface area contributed by atoms with E-state index in [0.717, 1.165) is 36.4 Å². The van der Waals surface area contributed by atoms with Crippen LogP contribution in [0.15, 0.2) is 18.2 Å². The molecule has 2 rings (SSSR count). The summed E-state index contributed by atoms with van der Waals surface area (Å²) in [6, 6.07) is 6.47. The van der Waals surface area contributed by atoms with E-state index in [0.29, 0.717) is 12.6 Å². The fourth-order valence-corrected chi connectivity index (χ4v) is 2.49. The molecule has 104 valence electrons. The summed E-state index contributed by atoms with van der Waals surface area (Å²) in [4.78, 5) is 14.4. The molecule has 1 aromatic carbocycles. The van der Waals surface area contributed by atoms with Gasteiger partial charge in [-0.1, -0.05) is 18.2 Å². The van der Waals surface area contributed by atoms with Gasteiger partial charge >= 0.3 is 0 Å². The monoisotopic (exact) mass is 261 g/mol. The number of hydrogen-bond donors (Lipinski definition) is 2. The number of nitrogens with zero attached hydrogens (tertiary/aromatic N) is 1. The van der Waals surface area contributed by atoms with Crippen molar-refractivity contribution in [2.45, 2.75) is 26.8 Å². The van der Waals surface area contributed by atoms with Crippen LogP contribution in [-0.2, 0) is 4.79 Å². The highest BCUT2D eigenvalue weighted by molar-refractivity contribution is 5.93. The van der Waals surface area contributed by atoms with Gasteiger partial charge in [-0.15, -0.1) is 0 Å². The molecule has 1 aliphatic rings. The smallest absolute Gasteiger partial charge is 0.238 e. The predicted molar refractivity (Wildman–Crippen MR) is 78.5 cm³/mol. The van der Waals surface area contributed by atoms with Gasteiger partial charge in [0.05, 0.1) is 6.54 Å². The van der Waals surface area contributed by atoms with Crippen molar-refractivity contribution >= 4 is 11.6 Å². The lowest BCUT2D eigenvalue weighted by Gasteiger charge is -2.33. The number of anilines is 1. The van der Waals surface area contributed by atoms with Crippen LogP contribution in [0.4, 0.5) is 5.69 Å². The number of nitrogens with one attached hydrogen (secondary N) is 2. The minimum atomic E-state index is 0.0751. The van der Waals surface area contributed by atoms with Gasteiger partial charge in [0.2, 0.25) is 5.91 Å². The van der Waals surface area contributed by atoms with E-state index in [-0.39, 0.29) is 5.91 Å². The molecular formula is C15H23N3O. The molecule has 2 N–H and O–H groups in total. The van der Waals surface area contributed by atoms with Crippen LogP contribution in [0.2, 0.25) is 0 Å². The average molecular weight is 261 g/mol. The third-order valence-corrected chi connectivity index (χ3v) is 3.73. The first-order valence-electron chi connectivity index (χ1n) is 6.89. The molecule has 0 aliphatic carbocycles. The summed E-state index contributed by atoms with van der Waals surface area (Å²) >= 11 is 0. The van der Waals surface area contributed by atoms with Crippen LogP contribution < -0.4 is 10.6 Å². The Labute approximate surface area is 115 Å². The standard InChI is InChI=1S/C15H23N3O/c1-11-5-4-6-12(2)15(11)17-14(19)10-18-8-7-16-9-13(18)3/h4-6,13,16H,7-10H2,1-3H3,(H,17,19)/t13-/m0/s1. The lowest BCUT2D eigenvalue weighted by molar-refractivity contribution is -0.118. The third kappa shape index (κ3) is 3.55. The second-order valence-corrected chi connectivity index (χ2v) is 5.34. The van der Waals surface area contributed by atoms with Crippen molar-refractivity contribution in [1.82, 2.24) is 10.2 Å². The normalized spacial score (nSPS) is 20.3. The van der Waals surface area contributed by atoms with Gasteiger partial charge in [-0.3, -0.25) is 9.69 Å². The van der Waals surface area contributed by atoms with E-state index in [9.17, 15) is 4.79 Å². The van der Waals surface area contributed by atoms with Crippen molar-refractivity contribution in [3.05, 3.63) is 29.3 Å². The van der Waals surface area contributed by atoms with Crippen molar-refractivity contribution < 1.29 is 4.79 Å². The lowest BCUT2D eigenvalue weighted by Crippen LogP contribution is -2.52. The number of amides is 1. The first kappa shape index (κ1) is 14.0. The quantitative estimate of drug-likeness (QED) is 0.867. The Morgan fingerprint density at radius 3 is 2.74 bits per heavy atom. The molecule has 0 aromatic heterocycles. The molecule has 1 fully saturated rings. The van der Waals surface area contributed by atoms with Crippen LogP contribution in [0, 0.1) is 13.8 Å². The number of piperazine rings is 1. The fourth-order valence-electron chi connectivity index (χ4n) is 2.49. The number of carbonyl (C=O) groups excluding carboxylic acids is 1. The van der Waals surface area contributed by atoms with E-state index in [1.165, 1.54) is 0 Å². The summed E-state index contributed by atoms with van der Waals surface area (Å²) < 4.78 is 0. The third-order valence-electron chi connectivity index (χ3n) is 3.73. The van der Waals surface area contributed by atoms with Gasteiger partial charge in [-0.05, 0) is 31.9 Å². The molecule has 0 spiro atoms. The molecule has 0 radical (unpaired) electrons. The van der Waals surface area contributed by atoms with Crippen LogP contribution >= 0.6 is 0 Å². The van der Waals surface area contributed by atoms with Crippen LogP contribution in [-0.4, -0.2) is 43.0 Å². The van der Waals surface area contributed by atoms with E-state index in [1.807, 2.05) is 32.0 Å². The Morgan fingerprint density at radius 1 is 1.42 bits per heavy atom. The molecule has 19 heavy (non-hydrogen) atoms. The van der Waals surface area contributed by atoms with Gasteiger partial charge in [0.1, 0.15) is 0 Å². The van der Waals surface area contributed by atoms with Gasteiger partial charge < -0.3 is 10.6 Å². The zero-order valence-electron chi connectivity index (χ0n) is 12.0. The maximum absolute atomic E-state index is 12.2. The average Bonchev–Trinajstić information content (AvgIpc) is 2.37. The fraction of sp³-hybridized carbons (Fsp3) is 0.533. The highest BCUT2D eigenvalue weighted by atomic mass is 16.2. The molecule has 0 bridgehead atoms. The Bertz CT molecular complexity index is 438. The van der Waals surface area contributed by atoms with Gasteiger partial charge in [0.25, 0.3) is 0 Å². The summed E-state index contributed by atoms with van der Waals surface area (Å²) in [5.41, 5.74) is 3.18. The van der Waals surface area contributed by atoms with Gasteiger partial charge in [-0.2, -0.15) is 0 Å². The number of aryl methyl sites for hydroxylation is 2. The molecule has 1 heterocycles. The second-order valence-electron chi connectivity index (χ2n) is 5.34. The highest BCUT2D eigenvalue weighted by Crippen LogP contribution is 2.19. The van der Waals surface area contributed by atoms with E-state index >= 15 is 0 Å². The Balaban J connectivity index is 1.97. The van der Waals surface area contributed by atoms with E-state index < -0.39 is 0 Å². The van der Waals surface area contributed by atoms with E-state index in [1.54, 1.807) is 0 Å². The maximum atomic E-state index is 12.2. The van der Waals surface area contributed by atoms with Crippen LogP contribution in [0.3, 0.4) is 0 Å². The zero-order chi connectivity index (χ0) is 13.8. The summed E-state index contributed by atoms with van der Waals surface area (Å²) in [7, 11) is 0. The largest absolute Gasteiger partial charge is 0.324 e. The Kier molecular flexibility index (Phi) is 4.56. The van der Waals surface area contributed by atoms with Crippen molar-refractivity contribution in [3.8, 4) is 0 Å². The van der Waals surface area contributed by atoms with Crippen LogP contribution in [0.25, 0.3) is 0 Å². The number of hydrogen-bond acceptors (Lipinski definition) is 3. The second kappa shape index (κ2) is 6.17. The topological polar surface area (TPSA) is 44.4 Å². The molecule has 1 saturated heterocycles. The van der Waals surface area contributed by atoms with Gasteiger partial charge in [-0.25, -0.2) is 0 Å². The molecule has 4 nitrogen and oxygen atoms in total. The van der Waals surface area contributed by atoms with Crippen LogP contribution in [0.5, 0.6) is 0 Å². The molecular weight excluding hydrogens is 238 g/mol. The number of carbonyl (C=O) groups is 1. The van der Waals surface area contributed by atoms with Crippen molar-refractivity contribution in [2.24, 2.45) is 0 Å². The summed E-state index contributed by atoms with van der Waals surface area (Å²) in [6.07, 6.45) is 0. The summed E-state index contributed by atoms with van der Waals surface area (Å²) in [5.74, 6) is 0.0751. The zero-order valence-corrected chi connectivity index (χ0v) is 12.0. The summed E-state index contributed by atoms with van der Waals surface area (Å²) in [6.45, 7) is 9.51. The molecule has 1 aromatic rings. The first-order valence-corrected chi connectivity index (χ1v) is 6.89. The van der Waals surface area contributed by atoms with Crippen molar-refractivity contribution in [1.29, 1.82) is 0 Å².